The van der Waals surface area contributed by atoms with Gasteiger partial charge in [-0.25, -0.2) is 4.79 Å². The highest BCUT2D eigenvalue weighted by molar-refractivity contribution is 5.94. The maximum Gasteiger partial charge on any atom is 0.336 e. The first kappa shape index (κ1) is 18.0. The molecule has 0 radical (unpaired) electrons. The number of para-hydroxylation sites is 1. The molecule has 1 aromatic heterocycles. The van der Waals surface area contributed by atoms with E-state index in [1.54, 1.807) is 6.20 Å². The summed E-state index contributed by atoms with van der Waals surface area (Å²) >= 11 is 0. The van der Waals surface area contributed by atoms with Crippen molar-refractivity contribution < 1.29 is 14.3 Å². The summed E-state index contributed by atoms with van der Waals surface area (Å²) < 4.78 is 11.2. The molecule has 1 atom stereocenters. The van der Waals surface area contributed by atoms with Crippen molar-refractivity contribution >= 4 is 11.8 Å². The van der Waals surface area contributed by atoms with Crippen LogP contribution in [0.1, 0.15) is 50.7 Å². The molecular formula is C20H25N3O3. The minimum Gasteiger partial charge on any atom is -0.494 e. The molecule has 3 rings (SSSR count). The molecule has 2 aromatic rings. The summed E-state index contributed by atoms with van der Waals surface area (Å²) in [5.41, 5.74) is 3.36. The molecule has 0 fully saturated rings. The van der Waals surface area contributed by atoms with Gasteiger partial charge in [0.2, 0.25) is 0 Å². The Hall–Kier alpha value is -2.76. The average molecular weight is 355 g/mol. The highest BCUT2D eigenvalue weighted by Crippen LogP contribution is 2.45. The molecular weight excluding hydrogens is 330 g/mol. The topological polar surface area (TPSA) is 76.2 Å². The van der Waals surface area contributed by atoms with Crippen molar-refractivity contribution in [3.8, 4) is 5.75 Å². The normalized spacial score (nSPS) is 16.0. The Morgan fingerprint density at radius 3 is 2.69 bits per heavy atom. The first-order valence-corrected chi connectivity index (χ1v) is 9.13. The Morgan fingerprint density at radius 1 is 1.15 bits per heavy atom. The fourth-order valence-corrected chi connectivity index (χ4v) is 3.39. The molecule has 2 heterocycles. The molecule has 1 aliphatic heterocycles. The number of ether oxygens (including phenoxy) is 2. The minimum atomic E-state index is -0.299. The maximum atomic E-state index is 12.9. The maximum absolute atomic E-state index is 12.9. The van der Waals surface area contributed by atoms with Crippen molar-refractivity contribution in [3.05, 3.63) is 52.9 Å². The third kappa shape index (κ3) is 3.31. The molecule has 6 heteroatoms. The van der Waals surface area contributed by atoms with Crippen LogP contribution in [0, 0.1) is 0 Å². The average Bonchev–Trinajstić information content (AvgIpc) is 3.10. The number of esters is 1. The van der Waals surface area contributed by atoms with Gasteiger partial charge in [0.05, 0.1) is 30.9 Å². The second-order valence-corrected chi connectivity index (χ2v) is 6.09. The van der Waals surface area contributed by atoms with Crippen molar-refractivity contribution in [1.82, 2.24) is 10.2 Å². The lowest BCUT2D eigenvalue weighted by atomic mass is 9.81. The van der Waals surface area contributed by atoms with Gasteiger partial charge in [0, 0.05) is 16.8 Å². The lowest BCUT2D eigenvalue weighted by Crippen LogP contribution is -2.25. The molecule has 1 aliphatic rings. The number of nitrogens with zero attached hydrogens (tertiary/aromatic N) is 1. The largest absolute Gasteiger partial charge is 0.494 e. The Bertz CT molecular complexity index is 810. The predicted octanol–water partition coefficient (Wildman–Crippen LogP) is 3.98. The van der Waals surface area contributed by atoms with Gasteiger partial charge in [-0.15, -0.1) is 0 Å². The van der Waals surface area contributed by atoms with Gasteiger partial charge in [-0.3, -0.25) is 5.10 Å². The third-order valence-corrected chi connectivity index (χ3v) is 4.39. The first-order valence-electron chi connectivity index (χ1n) is 9.13. The van der Waals surface area contributed by atoms with E-state index in [0.717, 1.165) is 41.2 Å². The van der Waals surface area contributed by atoms with Crippen molar-refractivity contribution in [1.29, 1.82) is 0 Å². The summed E-state index contributed by atoms with van der Waals surface area (Å²) in [6.07, 6.45) is 3.42. The van der Waals surface area contributed by atoms with Crippen LogP contribution in [0.5, 0.6) is 5.75 Å². The Labute approximate surface area is 153 Å². The minimum absolute atomic E-state index is 0.284. The van der Waals surface area contributed by atoms with E-state index in [0.29, 0.717) is 18.8 Å². The van der Waals surface area contributed by atoms with Gasteiger partial charge in [0.1, 0.15) is 11.6 Å². The number of carbonyl (C=O) groups excluding carboxylic acids is 1. The van der Waals surface area contributed by atoms with Crippen molar-refractivity contribution in [3.63, 3.8) is 0 Å². The molecule has 6 nitrogen and oxygen atoms in total. The summed E-state index contributed by atoms with van der Waals surface area (Å²) in [5, 5.41) is 10.5. The molecule has 1 aromatic carbocycles. The number of carbonyl (C=O) groups is 1. The third-order valence-electron chi connectivity index (χ3n) is 4.39. The number of fused-ring (bicyclic) bond motifs is 1. The van der Waals surface area contributed by atoms with Crippen LogP contribution < -0.4 is 10.1 Å². The van der Waals surface area contributed by atoms with E-state index in [9.17, 15) is 4.79 Å². The zero-order valence-electron chi connectivity index (χ0n) is 15.5. The number of allylic oxidation sites excluding steroid dienone is 1. The van der Waals surface area contributed by atoms with Crippen LogP contribution in [-0.4, -0.2) is 29.4 Å². The van der Waals surface area contributed by atoms with Gasteiger partial charge in [-0.05, 0) is 26.3 Å². The molecule has 1 unspecified atom stereocenters. The van der Waals surface area contributed by atoms with Gasteiger partial charge >= 0.3 is 5.97 Å². The zero-order valence-corrected chi connectivity index (χ0v) is 15.5. The highest BCUT2D eigenvalue weighted by atomic mass is 16.5. The van der Waals surface area contributed by atoms with Gasteiger partial charge in [-0.2, -0.15) is 5.10 Å². The van der Waals surface area contributed by atoms with Crippen LogP contribution in [0.25, 0.3) is 0 Å². The zero-order chi connectivity index (χ0) is 18.5. The summed E-state index contributed by atoms with van der Waals surface area (Å²) in [7, 11) is 0. The molecule has 0 aliphatic carbocycles. The molecule has 0 saturated carbocycles. The highest BCUT2D eigenvalue weighted by Gasteiger charge is 2.36. The molecule has 138 valence electrons. The molecule has 0 amide bonds. The smallest absolute Gasteiger partial charge is 0.336 e. The number of hydrogen-bond acceptors (Lipinski definition) is 5. The Kier molecular flexibility index (Phi) is 5.61. The number of aromatic nitrogens is 2. The second kappa shape index (κ2) is 8.08. The van der Waals surface area contributed by atoms with Crippen LogP contribution >= 0.6 is 0 Å². The van der Waals surface area contributed by atoms with Crippen LogP contribution in [-0.2, 0) is 9.53 Å². The summed E-state index contributed by atoms with van der Waals surface area (Å²) in [4.78, 5) is 12.9. The quantitative estimate of drug-likeness (QED) is 0.735. The number of benzene rings is 1. The van der Waals surface area contributed by atoms with Crippen molar-refractivity contribution in [2.75, 3.05) is 18.5 Å². The fourth-order valence-electron chi connectivity index (χ4n) is 3.39. The van der Waals surface area contributed by atoms with Crippen molar-refractivity contribution in [2.45, 2.75) is 39.5 Å². The van der Waals surface area contributed by atoms with E-state index in [4.69, 9.17) is 9.47 Å². The number of hydrogen-bond donors (Lipinski definition) is 2. The SMILES string of the molecule is CCCC1=C(C(=O)OCC)C(c2ccccc2OCC)c2cn[nH]c2N1. The lowest BCUT2D eigenvalue weighted by Gasteiger charge is -2.29. The molecule has 26 heavy (non-hydrogen) atoms. The van der Waals surface area contributed by atoms with E-state index < -0.39 is 0 Å². The Balaban J connectivity index is 2.19. The summed E-state index contributed by atoms with van der Waals surface area (Å²) in [6, 6.07) is 7.83. The van der Waals surface area contributed by atoms with Crippen LogP contribution in [0.15, 0.2) is 41.7 Å². The van der Waals surface area contributed by atoms with E-state index in [1.807, 2.05) is 38.1 Å². The first-order chi connectivity index (χ1) is 12.7. The number of aromatic amines is 1. The number of rotatable bonds is 7. The van der Waals surface area contributed by atoms with Gasteiger partial charge in [0.15, 0.2) is 0 Å². The number of nitrogens with one attached hydrogen (secondary N) is 2. The standard InChI is InChI=1S/C20H25N3O3/c1-4-9-15-18(20(24)26-6-3)17(14-12-21-23-19(14)22-15)13-10-7-8-11-16(13)25-5-2/h7-8,10-12,17H,4-6,9H2,1-3H3,(H2,21,22,23). The van der Waals surface area contributed by atoms with Crippen molar-refractivity contribution in [2.24, 2.45) is 0 Å². The Morgan fingerprint density at radius 2 is 1.96 bits per heavy atom. The van der Waals surface area contributed by atoms with Crippen LogP contribution in [0.3, 0.4) is 0 Å². The van der Waals surface area contributed by atoms with Crippen LogP contribution in [0.4, 0.5) is 5.82 Å². The number of H-pyrrole nitrogens is 1. The fraction of sp³-hybridized carbons (Fsp3) is 0.400. The number of anilines is 1. The second-order valence-electron chi connectivity index (χ2n) is 6.09. The van der Waals surface area contributed by atoms with Gasteiger partial charge in [0.25, 0.3) is 0 Å². The molecule has 0 spiro atoms. The van der Waals surface area contributed by atoms with E-state index >= 15 is 0 Å². The summed E-state index contributed by atoms with van der Waals surface area (Å²) in [6.45, 7) is 6.75. The van der Waals surface area contributed by atoms with Gasteiger partial charge in [-0.1, -0.05) is 31.5 Å². The molecule has 0 saturated heterocycles. The monoisotopic (exact) mass is 355 g/mol. The summed E-state index contributed by atoms with van der Waals surface area (Å²) in [5.74, 6) is 1.00. The van der Waals surface area contributed by atoms with E-state index in [1.165, 1.54) is 0 Å². The van der Waals surface area contributed by atoms with E-state index in [-0.39, 0.29) is 11.9 Å². The lowest BCUT2D eigenvalue weighted by molar-refractivity contribution is -0.138. The van der Waals surface area contributed by atoms with E-state index in [2.05, 4.69) is 22.4 Å². The van der Waals surface area contributed by atoms with Crippen LogP contribution in [0.2, 0.25) is 0 Å². The molecule has 0 bridgehead atoms. The van der Waals surface area contributed by atoms with Gasteiger partial charge < -0.3 is 14.8 Å². The molecule has 2 N–H and O–H groups in total. The predicted molar refractivity (Wildman–Crippen MR) is 100 cm³/mol.